The highest BCUT2D eigenvalue weighted by atomic mass is 32.1. The van der Waals surface area contributed by atoms with E-state index >= 15 is 0 Å². The molecule has 0 aromatic carbocycles. The molecule has 1 amide bonds. The number of halogens is 3. The Morgan fingerprint density at radius 3 is 2.71 bits per heavy atom. The zero-order valence-corrected chi connectivity index (χ0v) is 13.7. The van der Waals surface area contributed by atoms with Crippen molar-refractivity contribution in [1.82, 2.24) is 20.1 Å². The summed E-state index contributed by atoms with van der Waals surface area (Å²) in [6.45, 7) is 3.76. The van der Waals surface area contributed by atoms with Crippen molar-refractivity contribution in [3.63, 3.8) is 0 Å². The molecule has 1 N–H and O–H groups in total. The zero-order chi connectivity index (χ0) is 17.9. The Hall–Kier alpha value is -2.23. The lowest BCUT2D eigenvalue weighted by atomic mass is 10.3. The first-order chi connectivity index (χ1) is 11.2. The minimum atomic E-state index is -4.52. The molecule has 0 saturated heterocycles. The maximum absolute atomic E-state index is 12.6. The third kappa shape index (κ3) is 4.19. The molecule has 2 heterocycles. The van der Waals surface area contributed by atoms with Crippen molar-refractivity contribution in [3.05, 3.63) is 44.3 Å². The molecule has 24 heavy (non-hydrogen) atoms. The number of hydrogen-bond acceptors (Lipinski definition) is 5. The molecule has 2 rings (SSSR count). The second-order valence-electron chi connectivity index (χ2n) is 5.04. The molecule has 1 atom stereocenters. The smallest absolute Gasteiger partial charge is 0.342 e. The SMILES string of the molecule is CCCn1nc(C(=O)N[C@@H](C)c2nc(C(F)(F)F)cs2)ccc1=O. The molecule has 0 radical (unpaired) electrons. The average Bonchev–Trinajstić information content (AvgIpc) is 2.99. The predicted octanol–water partition coefficient (Wildman–Crippen LogP) is 2.62. The van der Waals surface area contributed by atoms with Gasteiger partial charge in [0.15, 0.2) is 5.69 Å². The van der Waals surface area contributed by atoms with Crippen LogP contribution in [0.2, 0.25) is 0 Å². The van der Waals surface area contributed by atoms with Gasteiger partial charge in [-0.05, 0) is 19.4 Å². The summed E-state index contributed by atoms with van der Waals surface area (Å²) in [6, 6.07) is 1.79. The molecule has 0 bridgehead atoms. The van der Waals surface area contributed by atoms with Crippen LogP contribution < -0.4 is 10.9 Å². The predicted molar refractivity (Wildman–Crippen MR) is 81.8 cm³/mol. The van der Waals surface area contributed by atoms with Crippen molar-refractivity contribution >= 4 is 17.2 Å². The lowest BCUT2D eigenvalue weighted by Crippen LogP contribution is -2.31. The van der Waals surface area contributed by atoms with Gasteiger partial charge in [-0.3, -0.25) is 9.59 Å². The Morgan fingerprint density at radius 1 is 1.42 bits per heavy atom. The van der Waals surface area contributed by atoms with Crippen molar-refractivity contribution < 1.29 is 18.0 Å². The Kier molecular flexibility index (Phi) is 5.37. The molecular weight excluding hydrogens is 345 g/mol. The summed E-state index contributed by atoms with van der Waals surface area (Å²) in [4.78, 5) is 27.2. The van der Waals surface area contributed by atoms with E-state index in [-0.39, 0.29) is 16.3 Å². The number of hydrogen-bond donors (Lipinski definition) is 1. The van der Waals surface area contributed by atoms with E-state index < -0.39 is 23.8 Å². The van der Waals surface area contributed by atoms with Gasteiger partial charge in [-0.25, -0.2) is 9.67 Å². The van der Waals surface area contributed by atoms with Gasteiger partial charge in [0.25, 0.3) is 11.5 Å². The Balaban J connectivity index is 2.13. The van der Waals surface area contributed by atoms with Crippen molar-refractivity contribution in [3.8, 4) is 0 Å². The Labute approximate surface area is 139 Å². The molecular formula is C14H15F3N4O2S. The van der Waals surface area contributed by atoms with Crippen LogP contribution in [0.3, 0.4) is 0 Å². The molecule has 0 spiro atoms. The lowest BCUT2D eigenvalue weighted by molar-refractivity contribution is -0.140. The van der Waals surface area contributed by atoms with Crippen LogP contribution in [0.15, 0.2) is 22.3 Å². The molecule has 0 aliphatic heterocycles. The summed E-state index contributed by atoms with van der Waals surface area (Å²) < 4.78 is 38.9. The molecule has 130 valence electrons. The number of rotatable bonds is 5. The summed E-state index contributed by atoms with van der Waals surface area (Å²) in [6.07, 6.45) is -3.84. The van der Waals surface area contributed by atoms with Gasteiger partial charge < -0.3 is 5.32 Å². The summed E-state index contributed by atoms with van der Waals surface area (Å²) in [5.41, 5.74) is -1.29. The minimum Gasteiger partial charge on any atom is -0.342 e. The number of aryl methyl sites for hydroxylation is 1. The Morgan fingerprint density at radius 2 is 2.12 bits per heavy atom. The van der Waals surface area contributed by atoms with Gasteiger partial charge in [0.05, 0.1) is 6.04 Å². The van der Waals surface area contributed by atoms with E-state index in [0.717, 1.165) is 16.7 Å². The summed E-state index contributed by atoms with van der Waals surface area (Å²) in [5.74, 6) is -0.587. The maximum atomic E-state index is 12.6. The van der Waals surface area contributed by atoms with E-state index in [2.05, 4.69) is 15.4 Å². The normalized spacial score (nSPS) is 12.9. The maximum Gasteiger partial charge on any atom is 0.434 e. The second-order valence-corrected chi connectivity index (χ2v) is 5.93. The van der Waals surface area contributed by atoms with Crippen molar-refractivity contribution in [1.29, 1.82) is 0 Å². The van der Waals surface area contributed by atoms with Crippen molar-refractivity contribution in [2.75, 3.05) is 0 Å². The first kappa shape index (κ1) is 18.1. The quantitative estimate of drug-likeness (QED) is 0.889. The van der Waals surface area contributed by atoms with Crippen LogP contribution in [0.25, 0.3) is 0 Å². The van der Waals surface area contributed by atoms with Gasteiger partial charge in [0, 0.05) is 18.0 Å². The van der Waals surface area contributed by atoms with Gasteiger partial charge >= 0.3 is 6.18 Å². The monoisotopic (exact) mass is 360 g/mol. The van der Waals surface area contributed by atoms with E-state index in [1.807, 2.05) is 6.92 Å². The number of carbonyl (C=O) groups is 1. The number of nitrogens with one attached hydrogen (secondary N) is 1. The molecule has 0 fully saturated rings. The van der Waals surface area contributed by atoms with E-state index in [0.29, 0.717) is 13.0 Å². The van der Waals surface area contributed by atoms with Crippen LogP contribution in [-0.4, -0.2) is 20.7 Å². The summed E-state index contributed by atoms with van der Waals surface area (Å²) in [5, 5.41) is 7.52. The molecule has 2 aromatic rings. The number of nitrogens with zero attached hydrogens (tertiary/aromatic N) is 3. The zero-order valence-electron chi connectivity index (χ0n) is 12.9. The van der Waals surface area contributed by atoms with E-state index in [1.54, 1.807) is 0 Å². The van der Waals surface area contributed by atoms with Crippen molar-refractivity contribution in [2.45, 2.75) is 39.0 Å². The van der Waals surface area contributed by atoms with Gasteiger partial charge in [-0.15, -0.1) is 11.3 Å². The molecule has 0 aliphatic carbocycles. The van der Waals surface area contributed by atoms with Gasteiger partial charge in [-0.1, -0.05) is 6.92 Å². The highest BCUT2D eigenvalue weighted by Gasteiger charge is 2.34. The standard InChI is InChI=1S/C14H15F3N4O2S/c1-3-6-21-11(22)5-4-9(20-21)12(23)18-8(2)13-19-10(7-24-13)14(15,16)17/h4-5,7-8H,3,6H2,1-2H3,(H,18,23)/t8-/m0/s1. The van der Waals surface area contributed by atoms with E-state index in [1.165, 1.54) is 23.7 Å². The van der Waals surface area contributed by atoms with Gasteiger partial charge in [0.2, 0.25) is 0 Å². The Bertz CT molecular complexity index is 785. The van der Waals surface area contributed by atoms with Crippen LogP contribution >= 0.6 is 11.3 Å². The topological polar surface area (TPSA) is 76.9 Å². The second kappa shape index (κ2) is 7.12. The fraction of sp³-hybridized carbons (Fsp3) is 0.429. The first-order valence-corrected chi connectivity index (χ1v) is 8.02. The summed E-state index contributed by atoms with van der Waals surface area (Å²) >= 11 is 0.814. The van der Waals surface area contributed by atoms with Gasteiger partial charge in [-0.2, -0.15) is 18.3 Å². The van der Waals surface area contributed by atoms with Crippen LogP contribution in [-0.2, 0) is 12.7 Å². The first-order valence-electron chi connectivity index (χ1n) is 7.14. The molecule has 10 heteroatoms. The molecule has 2 aromatic heterocycles. The fourth-order valence-electron chi connectivity index (χ4n) is 1.89. The van der Waals surface area contributed by atoms with Crippen LogP contribution in [0.4, 0.5) is 13.2 Å². The number of amides is 1. The minimum absolute atomic E-state index is 0.0162. The number of aromatic nitrogens is 3. The number of carbonyl (C=O) groups excluding carboxylic acids is 1. The van der Waals surface area contributed by atoms with Crippen LogP contribution in [0.1, 0.15) is 47.5 Å². The third-order valence-corrected chi connectivity index (χ3v) is 4.09. The molecule has 0 unspecified atom stereocenters. The largest absolute Gasteiger partial charge is 0.434 e. The molecule has 6 nitrogen and oxygen atoms in total. The van der Waals surface area contributed by atoms with E-state index in [9.17, 15) is 22.8 Å². The summed E-state index contributed by atoms with van der Waals surface area (Å²) in [7, 11) is 0. The number of thiazole rings is 1. The van der Waals surface area contributed by atoms with Gasteiger partial charge in [0.1, 0.15) is 10.7 Å². The van der Waals surface area contributed by atoms with E-state index in [4.69, 9.17) is 0 Å². The van der Waals surface area contributed by atoms with Crippen LogP contribution in [0.5, 0.6) is 0 Å². The third-order valence-electron chi connectivity index (χ3n) is 3.07. The number of alkyl halides is 3. The van der Waals surface area contributed by atoms with Crippen molar-refractivity contribution in [2.24, 2.45) is 0 Å². The molecule has 0 saturated carbocycles. The lowest BCUT2D eigenvalue weighted by Gasteiger charge is -2.11. The average molecular weight is 360 g/mol. The molecule has 0 aliphatic rings. The highest BCUT2D eigenvalue weighted by Crippen LogP contribution is 2.31. The highest BCUT2D eigenvalue weighted by molar-refractivity contribution is 7.09. The fourth-order valence-corrected chi connectivity index (χ4v) is 2.72. The van der Waals surface area contributed by atoms with Crippen LogP contribution in [0, 0.1) is 0 Å².